The summed E-state index contributed by atoms with van der Waals surface area (Å²) in [6, 6.07) is 0. The van der Waals surface area contributed by atoms with Crippen LogP contribution in [-0.4, -0.2) is 25.2 Å². The fourth-order valence-corrected chi connectivity index (χ4v) is 5.85. The van der Waals surface area contributed by atoms with Crippen molar-refractivity contribution in [2.75, 3.05) is 13.2 Å². The third-order valence-corrected chi connectivity index (χ3v) is 7.97. The van der Waals surface area contributed by atoms with Crippen molar-refractivity contribution in [3.63, 3.8) is 0 Å². The number of carbonyl (C=O) groups excluding carboxylic acids is 2. The van der Waals surface area contributed by atoms with E-state index in [9.17, 15) is 9.59 Å². The minimum Gasteiger partial charge on any atom is -0.462 e. The molecule has 2 saturated carbocycles. The number of hydrogen-bond acceptors (Lipinski definition) is 4. The minimum atomic E-state index is -0.234. The molecule has 0 amide bonds. The Kier molecular flexibility index (Phi) is 16.1. The maximum absolute atomic E-state index is 13.5. The molecule has 0 saturated heterocycles. The van der Waals surface area contributed by atoms with Crippen LogP contribution in [-0.2, 0) is 19.1 Å². The molecule has 0 aromatic heterocycles. The zero-order valence-electron chi connectivity index (χ0n) is 23.1. The van der Waals surface area contributed by atoms with Gasteiger partial charge in [-0.15, -0.1) is 0 Å². The van der Waals surface area contributed by atoms with E-state index in [0.29, 0.717) is 24.4 Å². The van der Waals surface area contributed by atoms with E-state index < -0.39 is 0 Å². The minimum absolute atomic E-state index is 0.151. The Morgan fingerprint density at radius 3 is 1.26 bits per heavy atom. The lowest BCUT2D eigenvalue weighted by atomic mass is 9.79. The highest BCUT2D eigenvalue weighted by Gasteiger charge is 2.36. The van der Waals surface area contributed by atoms with E-state index in [4.69, 9.17) is 9.47 Å². The summed E-state index contributed by atoms with van der Waals surface area (Å²) in [6.07, 6.45) is 23.7. The largest absolute Gasteiger partial charge is 0.462 e. The van der Waals surface area contributed by atoms with Gasteiger partial charge in [-0.3, -0.25) is 0 Å². The standard InChI is InChI=1S/C31H54O4/c1-3-5-7-9-11-18-24-34-30(32)28(26-20-14-13-15-21-26)29(27-22-16-17-23-27)31(33)35-25-19-12-10-8-6-4-2/h26-27H,3-25H2,1-2H3/b29-28-. The number of rotatable bonds is 18. The van der Waals surface area contributed by atoms with Crippen LogP contribution in [0.3, 0.4) is 0 Å². The maximum atomic E-state index is 13.5. The van der Waals surface area contributed by atoms with E-state index in [1.807, 2.05) is 0 Å². The second-order valence-electron chi connectivity index (χ2n) is 11.0. The number of hydrogen-bond donors (Lipinski definition) is 0. The van der Waals surface area contributed by atoms with Gasteiger partial charge in [0.2, 0.25) is 0 Å². The molecule has 2 fully saturated rings. The average molecular weight is 491 g/mol. The van der Waals surface area contributed by atoms with Crippen molar-refractivity contribution in [1.82, 2.24) is 0 Å². The molecule has 0 bridgehead atoms. The zero-order chi connectivity index (χ0) is 25.1. The summed E-state index contributed by atoms with van der Waals surface area (Å²) in [7, 11) is 0. The van der Waals surface area contributed by atoms with E-state index in [0.717, 1.165) is 77.0 Å². The topological polar surface area (TPSA) is 52.6 Å². The van der Waals surface area contributed by atoms with Gasteiger partial charge in [0.25, 0.3) is 0 Å². The van der Waals surface area contributed by atoms with Gasteiger partial charge >= 0.3 is 11.9 Å². The van der Waals surface area contributed by atoms with Gasteiger partial charge in [0, 0.05) is 0 Å². The average Bonchev–Trinajstić information content (AvgIpc) is 3.40. The molecule has 0 spiro atoms. The first-order valence-corrected chi connectivity index (χ1v) is 15.3. The molecule has 0 unspecified atom stereocenters. The van der Waals surface area contributed by atoms with E-state index in [2.05, 4.69) is 13.8 Å². The molecule has 0 aromatic rings. The maximum Gasteiger partial charge on any atom is 0.334 e. The van der Waals surface area contributed by atoms with Crippen LogP contribution in [0, 0.1) is 11.8 Å². The normalized spacial score (nSPS) is 17.9. The molecule has 0 aliphatic heterocycles. The molecule has 0 atom stereocenters. The molecular formula is C31H54O4. The Balaban J connectivity index is 2.05. The molecular weight excluding hydrogens is 436 g/mol. The molecule has 2 rings (SSSR count). The fourth-order valence-electron chi connectivity index (χ4n) is 5.85. The van der Waals surface area contributed by atoms with E-state index in [1.54, 1.807) is 0 Å². The van der Waals surface area contributed by atoms with Crippen LogP contribution in [0.2, 0.25) is 0 Å². The highest BCUT2D eigenvalue weighted by Crippen LogP contribution is 2.39. The van der Waals surface area contributed by atoms with Crippen LogP contribution in [0.15, 0.2) is 11.1 Å². The molecule has 2 aliphatic rings. The summed E-state index contributed by atoms with van der Waals surface area (Å²) in [5.41, 5.74) is 1.38. The SMILES string of the molecule is CCCCCCCCOC(=O)/C(=C(\C(=O)OCCCCCCCC)C1CCCC1)C1CCCCC1. The molecule has 4 heteroatoms. The molecule has 0 radical (unpaired) electrons. The smallest absolute Gasteiger partial charge is 0.334 e. The van der Waals surface area contributed by atoms with Crippen LogP contribution < -0.4 is 0 Å². The summed E-state index contributed by atoms with van der Waals surface area (Å²) in [5.74, 6) is -0.157. The molecule has 0 heterocycles. The molecule has 2 aliphatic carbocycles. The van der Waals surface area contributed by atoms with Crippen molar-refractivity contribution < 1.29 is 19.1 Å². The lowest BCUT2D eigenvalue weighted by Gasteiger charge is -2.27. The van der Waals surface area contributed by atoms with Gasteiger partial charge in [0.15, 0.2) is 0 Å². The summed E-state index contributed by atoms with van der Waals surface area (Å²) >= 11 is 0. The predicted octanol–water partition coefficient (Wildman–Crippen LogP) is 8.86. The Bertz CT molecular complexity index is 611. The van der Waals surface area contributed by atoms with Crippen molar-refractivity contribution >= 4 is 11.9 Å². The Morgan fingerprint density at radius 1 is 0.514 bits per heavy atom. The van der Waals surface area contributed by atoms with E-state index >= 15 is 0 Å². The first kappa shape index (κ1) is 29.9. The van der Waals surface area contributed by atoms with Crippen molar-refractivity contribution in [3.05, 3.63) is 11.1 Å². The first-order chi connectivity index (χ1) is 17.2. The Hall–Kier alpha value is -1.32. The van der Waals surface area contributed by atoms with Gasteiger partial charge in [-0.2, -0.15) is 0 Å². The fraction of sp³-hybridized carbons (Fsp3) is 0.871. The Morgan fingerprint density at radius 2 is 0.857 bits per heavy atom. The van der Waals surface area contributed by atoms with Gasteiger partial charge in [-0.1, -0.05) is 110 Å². The van der Waals surface area contributed by atoms with Gasteiger partial charge in [0.05, 0.1) is 24.4 Å². The predicted molar refractivity (Wildman–Crippen MR) is 144 cm³/mol. The lowest BCUT2D eigenvalue weighted by Crippen LogP contribution is -2.27. The van der Waals surface area contributed by atoms with Crippen LogP contribution in [0.4, 0.5) is 0 Å². The molecule has 0 N–H and O–H groups in total. The summed E-state index contributed by atoms with van der Waals surface area (Å²) in [4.78, 5) is 26.9. The molecule has 202 valence electrons. The van der Waals surface area contributed by atoms with Gasteiger partial charge in [0.1, 0.15) is 0 Å². The summed E-state index contributed by atoms with van der Waals surface area (Å²) < 4.78 is 11.7. The van der Waals surface area contributed by atoms with Gasteiger partial charge in [-0.05, 0) is 50.4 Å². The van der Waals surface area contributed by atoms with E-state index in [-0.39, 0.29) is 23.8 Å². The summed E-state index contributed by atoms with van der Waals surface area (Å²) in [5, 5.41) is 0. The first-order valence-electron chi connectivity index (χ1n) is 15.3. The quantitative estimate of drug-likeness (QED) is 0.109. The number of carbonyl (C=O) groups is 2. The van der Waals surface area contributed by atoms with Gasteiger partial charge < -0.3 is 9.47 Å². The summed E-state index contributed by atoms with van der Waals surface area (Å²) in [6.45, 7) is 5.38. The van der Waals surface area contributed by atoms with Gasteiger partial charge in [-0.25, -0.2) is 9.59 Å². The second kappa shape index (κ2) is 18.9. The Labute approximate surface area is 216 Å². The van der Waals surface area contributed by atoms with E-state index in [1.165, 1.54) is 57.8 Å². The highest BCUT2D eigenvalue weighted by molar-refractivity contribution is 6.01. The third-order valence-electron chi connectivity index (χ3n) is 7.97. The molecule has 35 heavy (non-hydrogen) atoms. The lowest BCUT2D eigenvalue weighted by molar-refractivity contribution is -0.143. The second-order valence-corrected chi connectivity index (χ2v) is 11.0. The van der Waals surface area contributed by atoms with Crippen molar-refractivity contribution in [2.24, 2.45) is 11.8 Å². The molecule has 0 aromatic carbocycles. The number of esters is 2. The number of ether oxygens (including phenoxy) is 2. The number of unbranched alkanes of at least 4 members (excludes halogenated alkanes) is 10. The monoisotopic (exact) mass is 490 g/mol. The van der Waals surface area contributed by atoms with Crippen LogP contribution in [0.5, 0.6) is 0 Å². The van der Waals surface area contributed by atoms with Crippen LogP contribution >= 0.6 is 0 Å². The van der Waals surface area contributed by atoms with Crippen molar-refractivity contribution in [2.45, 2.75) is 149 Å². The van der Waals surface area contributed by atoms with Crippen LogP contribution in [0.25, 0.3) is 0 Å². The highest BCUT2D eigenvalue weighted by atomic mass is 16.5. The van der Waals surface area contributed by atoms with Crippen molar-refractivity contribution in [1.29, 1.82) is 0 Å². The third kappa shape index (κ3) is 11.5. The zero-order valence-corrected chi connectivity index (χ0v) is 23.1. The van der Waals surface area contributed by atoms with Crippen LogP contribution in [0.1, 0.15) is 149 Å². The van der Waals surface area contributed by atoms with Crippen molar-refractivity contribution in [3.8, 4) is 0 Å². The molecule has 4 nitrogen and oxygen atoms in total.